The Kier molecular flexibility index (Phi) is 6.40. The average Bonchev–Trinajstić information content (AvgIpc) is 3.12. The Morgan fingerprint density at radius 1 is 0.703 bits per heavy atom. The lowest BCUT2D eigenvalue weighted by atomic mass is 10.0. The first-order chi connectivity index (χ1) is 17.8. The lowest BCUT2D eigenvalue weighted by Gasteiger charge is -2.17. The zero-order valence-electron chi connectivity index (χ0n) is 19.4. The molecule has 0 saturated carbocycles. The Labute approximate surface area is 210 Å². The van der Waals surface area contributed by atoms with Crippen LogP contribution >= 0.6 is 0 Å². The van der Waals surface area contributed by atoms with Gasteiger partial charge in [0.15, 0.2) is 0 Å². The van der Waals surface area contributed by atoms with Crippen molar-refractivity contribution in [2.75, 3.05) is 4.90 Å². The molecule has 5 rings (SSSR count). The number of rotatable bonds is 7. The third kappa shape index (κ3) is 5.48. The van der Waals surface area contributed by atoms with Crippen LogP contribution in [0.1, 0.15) is 21.5 Å². The number of hydrogen-bond acceptors (Lipinski definition) is 4. The standard InChI is InChI=1S/C29H20F3NO4/c30-29(31,32)37-24-8-4-5-20(15-24)18-36-23-13-14-26-25(16-23)27(34)28(35)33(26)17-19-9-11-22(12-10-19)21-6-2-1-3-7-21/h1-16H,17-18H2. The fourth-order valence-corrected chi connectivity index (χ4v) is 4.14. The van der Waals surface area contributed by atoms with Crippen LogP contribution in [0.3, 0.4) is 0 Å². The number of hydrogen-bond donors (Lipinski definition) is 0. The molecule has 0 unspecified atom stereocenters. The lowest BCUT2D eigenvalue weighted by Crippen LogP contribution is -2.29. The molecule has 1 aliphatic rings. The minimum atomic E-state index is -4.79. The summed E-state index contributed by atoms with van der Waals surface area (Å²) in [5.41, 5.74) is 4.15. The molecule has 0 aliphatic carbocycles. The van der Waals surface area contributed by atoms with Gasteiger partial charge in [0, 0.05) is 0 Å². The average molecular weight is 503 g/mol. The van der Waals surface area contributed by atoms with Crippen molar-refractivity contribution < 1.29 is 32.2 Å². The summed E-state index contributed by atoms with van der Waals surface area (Å²) < 4.78 is 47.0. The maximum Gasteiger partial charge on any atom is 0.573 e. The van der Waals surface area contributed by atoms with Crippen LogP contribution in [0.15, 0.2) is 97.1 Å². The Morgan fingerprint density at radius 2 is 1.43 bits per heavy atom. The number of Topliss-reactive ketones (excluding diaryl/α,β-unsaturated/α-hetero) is 1. The van der Waals surface area contributed by atoms with E-state index in [0.29, 0.717) is 17.0 Å². The Morgan fingerprint density at radius 3 is 2.16 bits per heavy atom. The predicted octanol–water partition coefficient (Wildman–Crippen LogP) is 6.56. The van der Waals surface area contributed by atoms with Gasteiger partial charge in [-0.3, -0.25) is 9.59 Å². The van der Waals surface area contributed by atoms with Crippen molar-refractivity contribution in [2.45, 2.75) is 19.5 Å². The first-order valence-electron chi connectivity index (χ1n) is 11.4. The van der Waals surface area contributed by atoms with E-state index in [-0.39, 0.29) is 24.5 Å². The van der Waals surface area contributed by atoms with Crippen LogP contribution in [0.4, 0.5) is 18.9 Å². The number of fused-ring (bicyclic) bond motifs is 1. The maximum absolute atomic E-state index is 12.7. The zero-order valence-corrected chi connectivity index (χ0v) is 19.4. The summed E-state index contributed by atoms with van der Waals surface area (Å²) in [6, 6.07) is 27.9. The Bertz CT molecular complexity index is 1450. The van der Waals surface area contributed by atoms with Crippen LogP contribution in [0.2, 0.25) is 0 Å². The lowest BCUT2D eigenvalue weighted by molar-refractivity contribution is -0.274. The van der Waals surface area contributed by atoms with Crippen molar-refractivity contribution in [3.63, 3.8) is 0 Å². The molecular formula is C29H20F3NO4. The van der Waals surface area contributed by atoms with Gasteiger partial charge in [0.2, 0.25) is 0 Å². The first kappa shape index (κ1) is 24.1. The third-order valence-corrected chi connectivity index (χ3v) is 5.88. The summed E-state index contributed by atoms with van der Waals surface area (Å²) in [7, 11) is 0. The zero-order chi connectivity index (χ0) is 26.0. The van der Waals surface area contributed by atoms with Crippen molar-refractivity contribution in [1.82, 2.24) is 0 Å². The van der Waals surface area contributed by atoms with E-state index in [1.165, 1.54) is 29.2 Å². The molecule has 0 spiro atoms. The second-order valence-corrected chi connectivity index (χ2v) is 8.45. The monoisotopic (exact) mass is 503 g/mol. The van der Waals surface area contributed by atoms with Crippen LogP contribution in [-0.4, -0.2) is 18.1 Å². The summed E-state index contributed by atoms with van der Waals surface area (Å²) in [6.07, 6.45) is -4.79. The van der Waals surface area contributed by atoms with E-state index >= 15 is 0 Å². The minimum Gasteiger partial charge on any atom is -0.489 e. The van der Waals surface area contributed by atoms with Gasteiger partial charge in [-0.2, -0.15) is 0 Å². The summed E-state index contributed by atoms with van der Waals surface area (Å²) >= 11 is 0. The fourth-order valence-electron chi connectivity index (χ4n) is 4.14. The smallest absolute Gasteiger partial charge is 0.489 e. The second-order valence-electron chi connectivity index (χ2n) is 8.45. The molecule has 0 bridgehead atoms. The highest BCUT2D eigenvalue weighted by molar-refractivity contribution is 6.52. The highest BCUT2D eigenvalue weighted by atomic mass is 19.4. The summed E-state index contributed by atoms with van der Waals surface area (Å²) in [4.78, 5) is 26.8. The van der Waals surface area contributed by atoms with Gasteiger partial charge < -0.3 is 14.4 Å². The number of amides is 1. The number of carbonyl (C=O) groups excluding carboxylic acids is 2. The van der Waals surface area contributed by atoms with Gasteiger partial charge in [0.1, 0.15) is 18.1 Å². The molecule has 1 aliphatic heterocycles. The van der Waals surface area contributed by atoms with E-state index in [2.05, 4.69) is 4.74 Å². The van der Waals surface area contributed by atoms with Crippen molar-refractivity contribution in [3.8, 4) is 22.6 Å². The highest BCUT2D eigenvalue weighted by Crippen LogP contribution is 2.34. The molecule has 186 valence electrons. The van der Waals surface area contributed by atoms with E-state index in [1.54, 1.807) is 18.2 Å². The molecule has 4 aromatic carbocycles. The largest absolute Gasteiger partial charge is 0.573 e. The molecule has 5 nitrogen and oxygen atoms in total. The van der Waals surface area contributed by atoms with E-state index in [9.17, 15) is 22.8 Å². The molecular weight excluding hydrogens is 483 g/mol. The first-order valence-corrected chi connectivity index (χ1v) is 11.4. The Balaban J connectivity index is 1.28. The van der Waals surface area contributed by atoms with Crippen LogP contribution in [0.25, 0.3) is 11.1 Å². The van der Waals surface area contributed by atoms with Gasteiger partial charge in [0.25, 0.3) is 11.7 Å². The van der Waals surface area contributed by atoms with Crippen molar-refractivity contribution in [2.24, 2.45) is 0 Å². The van der Waals surface area contributed by atoms with Crippen LogP contribution < -0.4 is 14.4 Å². The van der Waals surface area contributed by atoms with E-state index in [4.69, 9.17) is 4.74 Å². The SMILES string of the molecule is O=C1C(=O)N(Cc2ccc(-c3ccccc3)cc2)c2ccc(OCc3cccc(OC(F)(F)F)c3)cc21. The van der Waals surface area contributed by atoms with E-state index in [1.807, 2.05) is 54.6 Å². The van der Waals surface area contributed by atoms with E-state index < -0.39 is 18.1 Å². The quantitative estimate of drug-likeness (QED) is 0.268. The third-order valence-electron chi connectivity index (χ3n) is 5.88. The van der Waals surface area contributed by atoms with Crippen molar-refractivity contribution in [1.29, 1.82) is 0 Å². The summed E-state index contributed by atoms with van der Waals surface area (Å²) in [5.74, 6) is -1.30. The number of benzene rings is 4. The van der Waals surface area contributed by atoms with Gasteiger partial charge in [-0.25, -0.2) is 0 Å². The van der Waals surface area contributed by atoms with Crippen LogP contribution in [0, 0.1) is 0 Å². The van der Waals surface area contributed by atoms with Gasteiger partial charge in [-0.15, -0.1) is 13.2 Å². The van der Waals surface area contributed by atoms with Gasteiger partial charge >= 0.3 is 6.36 Å². The van der Waals surface area contributed by atoms with E-state index in [0.717, 1.165) is 16.7 Å². The molecule has 8 heteroatoms. The topological polar surface area (TPSA) is 55.8 Å². The number of nitrogens with zero attached hydrogens (tertiary/aromatic N) is 1. The number of anilines is 1. The van der Waals surface area contributed by atoms with Crippen LogP contribution in [-0.2, 0) is 17.9 Å². The van der Waals surface area contributed by atoms with Gasteiger partial charge in [-0.1, -0.05) is 66.7 Å². The molecule has 37 heavy (non-hydrogen) atoms. The molecule has 4 aromatic rings. The number of carbonyl (C=O) groups is 2. The second kappa shape index (κ2) is 9.81. The molecule has 0 aromatic heterocycles. The summed E-state index contributed by atoms with van der Waals surface area (Å²) in [5, 5.41) is 0. The molecule has 1 heterocycles. The summed E-state index contributed by atoms with van der Waals surface area (Å²) in [6.45, 7) is 0.187. The molecule has 0 N–H and O–H groups in total. The van der Waals surface area contributed by atoms with Crippen molar-refractivity contribution in [3.05, 3.63) is 114 Å². The van der Waals surface area contributed by atoms with Gasteiger partial charge in [-0.05, 0) is 52.6 Å². The van der Waals surface area contributed by atoms with Crippen molar-refractivity contribution >= 4 is 17.4 Å². The van der Waals surface area contributed by atoms with Crippen LogP contribution in [0.5, 0.6) is 11.5 Å². The molecule has 0 radical (unpaired) electrons. The molecule has 0 saturated heterocycles. The number of ether oxygens (including phenoxy) is 2. The predicted molar refractivity (Wildman–Crippen MR) is 131 cm³/mol. The fraction of sp³-hybridized carbons (Fsp3) is 0.103. The number of alkyl halides is 3. The highest BCUT2D eigenvalue weighted by Gasteiger charge is 2.36. The molecule has 1 amide bonds. The molecule has 0 fully saturated rings. The number of halogens is 3. The molecule has 0 atom stereocenters. The maximum atomic E-state index is 12.7. The number of ketones is 1. The Hall–Kier alpha value is -4.59. The van der Waals surface area contributed by atoms with Gasteiger partial charge in [0.05, 0.1) is 17.8 Å². The normalized spacial score (nSPS) is 13.0. The minimum absolute atomic E-state index is 0.0482.